The van der Waals surface area contributed by atoms with E-state index in [0.717, 1.165) is 4.48 Å². The summed E-state index contributed by atoms with van der Waals surface area (Å²) in [5, 5.41) is 0. The zero-order valence-electron chi connectivity index (χ0n) is 8.84. The molecule has 0 aromatic heterocycles. The van der Waals surface area contributed by atoms with E-state index < -0.39 is 0 Å². The highest BCUT2D eigenvalue weighted by atomic mass is 79.9. The van der Waals surface area contributed by atoms with Crippen LogP contribution < -0.4 is 0 Å². The number of hydrogen-bond donors (Lipinski definition) is 0. The maximum atomic E-state index is 3.51. The molecule has 1 heteroatoms. The SMILES string of the molecule is CC(C)=C(Br)C=Cc1ccc(C)cc1. The van der Waals surface area contributed by atoms with Crippen molar-refractivity contribution < 1.29 is 0 Å². The normalized spacial score (nSPS) is 10.6. The van der Waals surface area contributed by atoms with Crippen molar-refractivity contribution in [3.63, 3.8) is 0 Å². The predicted molar refractivity (Wildman–Crippen MR) is 67.5 cm³/mol. The second-order valence-corrected chi connectivity index (χ2v) is 4.45. The van der Waals surface area contributed by atoms with E-state index in [2.05, 4.69) is 73.1 Å². The van der Waals surface area contributed by atoms with Gasteiger partial charge in [-0.3, -0.25) is 0 Å². The molecule has 0 bridgehead atoms. The van der Waals surface area contributed by atoms with Gasteiger partial charge in [0.2, 0.25) is 0 Å². The molecule has 0 saturated carbocycles. The average Bonchev–Trinajstić information content (AvgIpc) is 2.16. The number of aryl methyl sites for hydroxylation is 1. The number of halogens is 1. The van der Waals surface area contributed by atoms with Crippen molar-refractivity contribution in [1.82, 2.24) is 0 Å². The molecule has 0 aliphatic rings. The summed E-state index contributed by atoms with van der Waals surface area (Å²) in [6.07, 6.45) is 4.19. The Balaban J connectivity index is 2.79. The van der Waals surface area contributed by atoms with Crippen molar-refractivity contribution >= 4 is 22.0 Å². The van der Waals surface area contributed by atoms with Crippen LogP contribution in [0.3, 0.4) is 0 Å². The van der Waals surface area contributed by atoms with Gasteiger partial charge < -0.3 is 0 Å². The average molecular weight is 251 g/mol. The summed E-state index contributed by atoms with van der Waals surface area (Å²) in [5.74, 6) is 0. The van der Waals surface area contributed by atoms with Crippen molar-refractivity contribution in [3.8, 4) is 0 Å². The van der Waals surface area contributed by atoms with Crippen LogP contribution in [0.2, 0.25) is 0 Å². The Morgan fingerprint density at radius 2 is 1.71 bits per heavy atom. The maximum absolute atomic E-state index is 3.51. The summed E-state index contributed by atoms with van der Waals surface area (Å²) in [6.45, 7) is 6.27. The second kappa shape index (κ2) is 5.16. The molecule has 14 heavy (non-hydrogen) atoms. The molecular formula is C13H15Br. The Kier molecular flexibility index (Phi) is 4.15. The molecule has 0 atom stereocenters. The Morgan fingerprint density at radius 1 is 1.14 bits per heavy atom. The van der Waals surface area contributed by atoms with E-state index in [0.29, 0.717) is 0 Å². The van der Waals surface area contributed by atoms with E-state index >= 15 is 0 Å². The summed E-state index contributed by atoms with van der Waals surface area (Å²) < 4.78 is 1.15. The van der Waals surface area contributed by atoms with Crippen LogP contribution in [0.1, 0.15) is 25.0 Å². The molecule has 0 N–H and O–H groups in total. The van der Waals surface area contributed by atoms with Gasteiger partial charge in [0.25, 0.3) is 0 Å². The molecule has 0 unspecified atom stereocenters. The van der Waals surface area contributed by atoms with Gasteiger partial charge in [0.1, 0.15) is 0 Å². The number of benzene rings is 1. The lowest BCUT2D eigenvalue weighted by molar-refractivity contribution is 1.38. The van der Waals surface area contributed by atoms with Gasteiger partial charge in [-0.15, -0.1) is 0 Å². The molecular weight excluding hydrogens is 236 g/mol. The van der Waals surface area contributed by atoms with E-state index in [9.17, 15) is 0 Å². The van der Waals surface area contributed by atoms with Crippen molar-refractivity contribution in [1.29, 1.82) is 0 Å². The fraction of sp³-hybridized carbons (Fsp3) is 0.231. The molecule has 1 rings (SSSR count). The molecule has 0 aliphatic heterocycles. The van der Waals surface area contributed by atoms with E-state index in [-0.39, 0.29) is 0 Å². The third kappa shape index (κ3) is 3.51. The summed E-state index contributed by atoms with van der Waals surface area (Å²) in [4.78, 5) is 0. The Labute approximate surface area is 94.5 Å². The molecule has 0 nitrogen and oxygen atoms in total. The minimum absolute atomic E-state index is 1.15. The fourth-order valence-corrected chi connectivity index (χ4v) is 1.15. The quantitative estimate of drug-likeness (QED) is 0.668. The van der Waals surface area contributed by atoms with Crippen LogP contribution >= 0.6 is 15.9 Å². The van der Waals surface area contributed by atoms with Crippen molar-refractivity contribution in [2.24, 2.45) is 0 Å². The Hall–Kier alpha value is -0.820. The molecule has 0 saturated heterocycles. The largest absolute Gasteiger partial charge is 0.0622 e. The van der Waals surface area contributed by atoms with Gasteiger partial charge in [-0.05, 0) is 32.4 Å². The molecule has 1 aromatic carbocycles. The molecule has 0 fully saturated rings. The van der Waals surface area contributed by atoms with Crippen LogP contribution in [0.5, 0.6) is 0 Å². The summed E-state index contributed by atoms with van der Waals surface area (Å²) in [6, 6.07) is 8.49. The first-order valence-corrected chi connectivity index (χ1v) is 5.46. The minimum Gasteiger partial charge on any atom is -0.0622 e. The van der Waals surface area contributed by atoms with Crippen LogP contribution in [0.25, 0.3) is 6.08 Å². The van der Waals surface area contributed by atoms with Crippen LogP contribution in [-0.4, -0.2) is 0 Å². The first kappa shape index (κ1) is 11.3. The van der Waals surface area contributed by atoms with E-state index in [1.807, 2.05) is 0 Å². The van der Waals surface area contributed by atoms with Crippen molar-refractivity contribution in [2.75, 3.05) is 0 Å². The van der Waals surface area contributed by atoms with Crippen molar-refractivity contribution in [2.45, 2.75) is 20.8 Å². The Bertz CT molecular complexity index is 351. The highest BCUT2D eigenvalue weighted by Crippen LogP contribution is 2.15. The molecule has 0 aliphatic carbocycles. The minimum atomic E-state index is 1.15. The van der Waals surface area contributed by atoms with Gasteiger partial charge in [-0.25, -0.2) is 0 Å². The zero-order valence-corrected chi connectivity index (χ0v) is 10.4. The number of rotatable bonds is 2. The van der Waals surface area contributed by atoms with E-state index in [4.69, 9.17) is 0 Å². The van der Waals surface area contributed by atoms with Gasteiger partial charge in [0, 0.05) is 4.48 Å². The standard InChI is InChI=1S/C13H15Br/c1-10(2)13(14)9-8-12-6-4-11(3)5-7-12/h4-9H,1-3H3. The Morgan fingerprint density at radius 3 is 2.21 bits per heavy atom. The van der Waals surface area contributed by atoms with Gasteiger partial charge in [-0.2, -0.15) is 0 Å². The lowest BCUT2D eigenvalue weighted by atomic mass is 10.1. The van der Waals surface area contributed by atoms with Crippen LogP contribution in [-0.2, 0) is 0 Å². The highest BCUT2D eigenvalue weighted by Gasteiger charge is 1.89. The first-order valence-electron chi connectivity index (χ1n) is 4.67. The lowest BCUT2D eigenvalue weighted by Gasteiger charge is -1.96. The predicted octanol–water partition coefficient (Wildman–Crippen LogP) is 4.70. The first-order chi connectivity index (χ1) is 6.59. The smallest absolute Gasteiger partial charge is 0.0161 e. The van der Waals surface area contributed by atoms with E-state index in [1.165, 1.54) is 16.7 Å². The van der Waals surface area contributed by atoms with Gasteiger partial charge >= 0.3 is 0 Å². The summed E-state index contributed by atoms with van der Waals surface area (Å²) >= 11 is 3.51. The van der Waals surface area contributed by atoms with Crippen LogP contribution in [0, 0.1) is 6.92 Å². The summed E-state index contributed by atoms with van der Waals surface area (Å²) in [7, 11) is 0. The molecule has 0 spiro atoms. The van der Waals surface area contributed by atoms with Crippen LogP contribution in [0.15, 0.2) is 40.4 Å². The van der Waals surface area contributed by atoms with Gasteiger partial charge in [-0.1, -0.05) is 57.4 Å². The fourth-order valence-electron chi connectivity index (χ4n) is 1.01. The van der Waals surface area contributed by atoms with Crippen molar-refractivity contribution in [3.05, 3.63) is 51.5 Å². The third-order valence-corrected chi connectivity index (χ3v) is 3.03. The van der Waals surface area contributed by atoms with Gasteiger partial charge in [0.05, 0.1) is 0 Å². The topological polar surface area (TPSA) is 0 Å². The second-order valence-electron chi connectivity index (χ2n) is 3.59. The molecule has 74 valence electrons. The highest BCUT2D eigenvalue weighted by molar-refractivity contribution is 9.11. The maximum Gasteiger partial charge on any atom is 0.0161 e. The van der Waals surface area contributed by atoms with Crippen LogP contribution in [0.4, 0.5) is 0 Å². The molecule has 0 radical (unpaired) electrons. The molecule has 0 heterocycles. The zero-order chi connectivity index (χ0) is 10.6. The van der Waals surface area contributed by atoms with Gasteiger partial charge in [0.15, 0.2) is 0 Å². The number of allylic oxidation sites excluding steroid dienone is 3. The molecule has 0 amide bonds. The monoisotopic (exact) mass is 250 g/mol. The van der Waals surface area contributed by atoms with E-state index in [1.54, 1.807) is 0 Å². The lowest BCUT2D eigenvalue weighted by Crippen LogP contribution is -1.74. The number of hydrogen-bond acceptors (Lipinski definition) is 0. The third-order valence-electron chi connectivity index (χ3n) is 1.98. The molecule has 1 aromatic rings. The summed E-state index contributed by atoms with van der Waals surface area (Å²) in [5.41, 5.74) is 3.81.